The van der Waals surface area contributed by atoms with Gasteiger partial charge in [-0.3, -0.25) is 4.99 Å². The van der Waals surface area contributed by atoms with Gasteiger partial charge in [0.05, 0.1) is 0 Å². The molecule has 0 fully saturated rings. The van der Waals surface area contributed by atoms with E-state index >= 15 is 0 Å². The summed E-state index contributed by atoms with van der Waals surface area (Å²) >= 11 is 0. The predicted octanol–water partition coefficient (Wildman–Crippen LogP) is 3.96. The minimum absolute atomic E-state index is 0. The van der Waals surface area contributed by atoms with Crippen molar-refractivity contribution in [2.24, 2.45) is 10.9 Å². The summed E-state index contributed by atoms with van der Waals surface area (Å²) in [7, 11) is 1.69. The lowest BCUT2D eigenvalue weighted by atomic mass is 10.1. The maximum absolute atomic E-state index is 12.1. The highest BCUT2D eigenvalue weighted by Crippen LogP contribution is 2.18. The van der Waals surface area contributed by atoms with Gasteiger partial charge in [-0.25, -0.2) is 0 Å². The Morgan fingerprint density at radius 1 is 1.17 bits per heavy atom. The molecule has 138 valence electrons. The van der Waals surface area contributed by atoms with Gasteiger partial charge in [-0.2, -0.15) is 13.2 Å². The first kappa shape index (κ1) is 22.8. The number of halogens is 4. The van der Waals surface area contributed by atoms with Crippen molar-refractivity contribution in [2.45, 2.75) is 39.5 Å². The Morgan fingerprint density at radius 2 is 1.75 bits per heavy atom. The van der Waals surface area contributed by atoms with Gasteiger partial charge in [0.15, 0.2) is 12.6 Å². The van der Waals surface area contributed by atoms with Crippen molar-refractivity contribution in [1.29, 1.82) is 0 Å². The van der Waals surface area contributed by atoms with Crippen LogP contribution in [0.1, 0.15) is 26.3 Å². The number of nitrogens with zero attached hydrogens (tertiary/aromatic N) is 1. The minimum Gasteiger partial charge on any atom is -0.484 e. The molecular weight excluding hydrogens is 434 g/mol. The summed E-state index contributed by atoms with van der Waals surface area (Å²) in [4.78, 5) is 4.14. The maximum Gasteiger partial charge on any atom is 0.422 e. The summed E-state index contributed by atoms with van der Waals surface area (Å²) in [6, 6.07) is 6.76. The normalized spacial score (nSPS) is 13.2. The maximum atomic E-state index is 12.1. The molecule has 1 aromatic rings. The van der Waals surface area contributed by atoms with Crippen molar-refractivity contribution in [3.8, 4) is 5.75 Å². The fourth-order valence-corrected chi connectivity index (χ4v) is 1.63. The Morgan fingerprint density at radius 3 is 2.21 bits per heavy atom. The van der Waals surface area contributed by atoms with E-state index in [1.54, 1.807) is 19.2 Å². The molecule has 0 aliphatic heterocycles. The molecule has 0 spiro atoms. The lowest BCUT2D eigenvalue weighted by Crippen LogP contribution is -2.43. The van der Waals surface area contributed by atoms with E-state index < -0.39 is 12.8 Å². The average molecular weight is 459 g/mol. The summed E-state index contributed by atoms with van der Waals surface area (Å²) in [5.74, 6) is 1.35. The van der Waals surface area contributed by atoms with Crippen LogP contribution < -0.4 is 15.4 Å². The summed E-state index contributed by atoms with van der Waals surface area (Å²) < 4.78 is 40.9. The van der Waals surface area contributed by atoms with Crippen LogP contribution in [0.5, 0.6) is 5.75 Å². The van der Waals surface area contributed by atoms with Gasteiger partial charge >= 0.3 is 6.18 Å². The molecule has 1 rings (SSSR count). The Hall–Kier alpha value is -1.19. The van der Waals surface area contributed by atoms with Gasteiger partial charge in [0.2, 0.25) is 0 Å². The third kappa shape index (κ3) is 9.19. The van der Waals surface area contributed by atoms with Gasteiger partial charge in [-0.15, -0.1) is 24.0 Å². The van der Waals surface area contributed by atoms with Gasteiger partial charge < -0.3 is 15.4 Å². The van der Waals surface area contributed by atoms with Crippen LogP contribution >= 0.6 is 24.0 Å². The Balaban J connectivity index is 0.00000529. The van der Waals surface area contributed by atoms with E-state index in [4.69, 9.17) is 0 Å². The number of nitrogens with one attached hydrogen (secondary N) is 2. The molecular formula is C16H25F3IN3O. The fourth-order valence-electron chi connectivity index (χ4n) is 1.63. The van der Waals surface area contributed by atoms with E-state index in [0.717, 1.165) is 5.56 Å². The van der Waals surface area contributed by atoms with Gasteiger partial charge in [-0.1, -0.05) is 26.0 Å². The van der Waals surface area contributed by atoms with Gasteiger partial charge in [0, 0.05) is 19.6 Å². The number of rotatable bonds is 6. The average Bonchev–Trinajstić information content (AvgIpc) is 2.49. The highest BCUT2D eigenvalue weighted by Gasteiger charge is 2.28. The first-order valence-corrected chi connectivity index (χ1v) is 7.47. The molecule has 0 saturated heterocycles. The van der Waals surface area contributed by atoms with Gasteiger partial charge in [0.1, 0.15) is 5.75 Å². The number of ether oxygens (including phenoxy) is 1. The van der Waals surface area contributed by atoms with E-state index in [0.29, 0.717) is 18.4 Å². The van der Waals surface area contributed by atoms with Crippen LogP contribution in [0, 0.1) is 5.92 Å². The van der Waals surface area contributed by atoms with E-state index in [9.17, 15) is 13.2 Å². The number of alkyl halides is 3. The van der Waals surface area contributed by atoms with Crippen LogP contribution in [0.25, 0.3) is 0 Å². The molecule has 1 aromatic carbocycles. The zero-order valence-corrected chi connectivity index (χ0v) is 16.6. The second kappa shape index (κ2) is 10.6. The summed E-state index contributed by atoms with van der Waals surface area (Å²) in [6.45, 7) is 5.54. The molecule has 0 aliphatic carbocycles. The molecule has 0 saturated carbocycles. The molecule has 0 amide bonds. The second-order valence-corrected chi connectivity index (χ2v) is 5.65. The van der Waals surface area contributed by atoms with E-state index in [1.807, 2.05) is 0 Å². The molecule has 0 aromatic heterocycles. The standard InChI is InChI=1S/C16H24F3N3O.HI/c1-11(2)12(3)22-15(20-4)21-9-13-5-7-14(8-6-13)23-10-16(17,18)19;/h5-8,11-12H,9-10H2,1-4H3,(H2,20,21,22);1H. The van der Waals surface area contributed by atoms with Crippen LogP contribution in [0.4, 0.5) is 13.2 Å². The smallest absolute Gasteiger partial charge is 0.422 e. The molecule has 24 heavy (non-hydrogen) atoms. The number of guanidine groups is 1. The quantitative estimate of drug-likeness (QED) is 0.385. The molecule has 8 heteroatoms. The van der Waals surface area contributed by atoms with Crippen LogP contribution in [0.3, 0.4) is 0 Å². The third-order valence-corrected chi connectivity index (χ3v) is 3.37. The van der Waals surface area contributed by atoms with Gasteiger partial charge in [-0.05, 0) is 30.5 Å². The lowest BCUT2D eigenvalue weighted by Gasteiger charge is -2.20. The number of hydrogen-bond acceptors (Lipinski definition) is 2. The molecule has 2 N–H and O–H groups in total. The number of aliphatic imine (C=N–C) groups is 1. The first-order valence-electron chi connectivity index (χ1n) is 7.47. The largest absolute Gasteiger partial charge is 0.484 e. The van der Waals surface area contributed by atoms with E-state index in [2.05, 4.69) is 41.1 Å². The monoisotopic (exact) mass is 459 g/mol. The van der Waals surface area contributed by atoms with Crippen molar-refractivity contribution >= 4 is 29.9 Å². The van der Waals surface area contributed by atoms with Crippen LogP contribution in [0.15, 0.2) is 29.3 Å². The molecule has 1 unspecified atom stereocenters. The summed E-state index contributed by atoms with van der Waals surface area (Å²) in [5.41, 5.74) is 0.921. The Kier molecular flexibility index (Phi) is 10.1. The molecule has 4 nitrogen and oxygen atoms in total. The topological polar surface area (TPSA) is 45.7 Å². The third-order valence-electron chi connectivity index (χ3n) is 3.37. The Bertz CT molecular complexity index is 504. The molecule has 0 bridgehead atoms. The highest BCUT2D eigenvalue weighted by molar-refractivity contribution is 14.0. The van der Waals surface area contributed by atoms with Crippen molar-refractivity contribution < 1.29 is 17.9 Å². The van der Waals surface area contributed by atoms with Crippen molar-refractivity contribution in [2.75, 3.05) is 13.7 Å². The van der Waals surface area contributed by atoms with Crippen molar-refractivity contribution in [3.63, 3.8) is 0 Å². The number of hydrogen-bond donors (Lipinski definition) is 2. The number of benzene rings is 1. The molecule has 0 aliphatic rings. The first-order chi connectivity index (χ1) is 10.7. The van der Waals surface area contributed by atoms with Crippen LogP contribution in [-0.2, 0) is 6.54 Å². The van der Waals surface area contributed by atoms with Crippen molar-refractivity contribution in [3.05, 3.63) is 29.8 Å². The molecule has 0 heterocycles. The zero-order valence-electron chi connectivity index (χ0n) is 14.3. The minimum atomic E-state index is -4.33. The van der Waals surface area contributed by atoms with E-state index in [1.165, 1.54) is 12.1 Å². The SMILES string of the molecule is CN=C(NCc1ccc(OCC(F)(F)F)cc1)NC(C)C(C)C.I. The predicted molar refractivity (Wildman–Crippen MR) is 101 cm³/mol. The molecule has 0 radical (unpaired) electrons. The van der Waals surface area contributed by atoms with Crippen molar-refractivity contribution in [1.82, 2.24) is 10.6 Å². The lowest BCUT2D eigenvalue weighted by molar-refractivity contribution is -0.153. The fraction of sp³-hybridized carbons (Fsp3) is 0.562. The highest BCUT2D eigenvalue weighted by atomic mass is 127. The van der Waals surface area contributed by atoms with Crippen LogP contribution in [-0.4, -0.2) is 31.8 Å². The van der Waals surface area contributed by atoms with Gasteiger partial charge in [0.25, 0.3) is 0 Å². The zero-order chi connectivity index (χ0) is 17.5. The second-order valence-electron chi connectivity index (χ2n) is 5.65. The Labute approximate surface area is 158 Å². The van der Waals surface area contributed by atoms with E-state index in [-0.39, 0.29) is 35.8 Å². The molecule has 1 atom stereocenters. The van der Waals surface area contributed by atoms with Crippen LogP contribution in [0.2, 0.25) is 0 Å². The summed E-state index contributed by atoms with van der Waals surface area (Å²) in [5, 5.41) is 6.44. The summed E-state index contributed by atoms with van der Waals surface area (Å²) in [6.07, 6.45) is -4.33.